The Morgan fingerprint density at radius 1 is 1.07 bits per heavy atom. The molecule has 0 bridgehead atoms. The number of amides is 3. The molecule has 1 fully saturated rings. The fourth-order valence-corrected chi connectivity index (χ4v) is 5.44. The van der Waals surface area contributed by atoms with E-state index in [0.717, 1.165) is 28.7 Å². The van der Waals surface area contributed by atoms with Crippen LogP contribution in [0.15, 0.2) is 66.7 Å². The minimum Gasteiger partial charge on any atom is -0.440 e. The molecule has 2 aromatic carbocycles. The van der Waals surface area contributed by atoms with E-state index in [4.69, 9.17) is 4.74 Å². The maximum absolute atomic E-state index is 13.6. The van der Waals surface area contributed by atoms with Crippen molar-refractivity contribution in [3.8, 4) is 0 Å². The Kier molecular flexibility index (Phi) is 11.2. The minimum atomic E-state index is -0.800. The Morgan fingerprint density at radius 2 is 1.78 bits per heavy atom. The second-order valence-electron chi connectivity index (χ2n) is 12.2. The van der Waals surface area contributed by atoms with Gasteiger partial charge in [0.25, 0.3) is 0 Å². The third-order valence-corrected chi connectivity index (χ3v) is 8.01. The average Bonchev–Trinajstić information content (AvgIpc) is 3.34. The van der Waals surface area contributed by atoms with Gasteiger partial charge in [-0.15, -0.1) is 0 Å². The number of carbonyl (C=O) groups excluding carboxylic acids is 3. The fraction of sp³-hybridized carbons (Fsp3) is 0.500. The molecule has 3 amide bonds. The molecule has 0 spiro atoms. The van der Waals surface area contributed by atoms with Crippen molar-refractivity contribution in [3.63, 3.8) is 0 Å². The number of carbonyl (C=O) groups is 3. The predicted molar refractivity (Wildman–Crippen MR) is 163 cm³/mol. The molecule has 0 radical (unpaired) electrons. The summed E-state index contributed by atoms with van der Waals surface area (Å²) in [5, 5.41) is 8.81. The van der Waals surface area contributed by atoms with Crippen molar-refractivity contribution < 1.29 is 19.1 Å². The van der Waals surface area contributed by atoms with Crippen LogP contribution in [-0.4, -0.2) is 36.5 Å². The number of hydrogen-bond donors (Lipinski definition) is 3. The summed E-state index contributed by atoms with van der Waals surface area (Å²) in [6.45, 7) is 17.0. The molecule has 7 heteroatoms. The van der Waals surface area contributed by atoms with Crippen LogP contribution < -0.4 is 16.0 Å². The highest BCUT2D eigenvalue weighted by Crippen LogP contribution is 2.40. The summed E-state index contributed by atoms with van der Waals surface area (Å²) >= 11 is 0. The molecule has 1 saturated heterocycles. The molecule has 222 valence electrons. The van der Waals surface area contributed by atoms with Gasteiger partial charge in [-0.1, -0.05) is 107 Å². The number of hydrogen-bond acceptors (Lipinski definition) is 4. The van der Waals surface area contributed by atoms with Crippen molar-refractivity contribution in [1.82, 2.24) is 16.0 Å². The zero-order valence-electron chi connectivity index (χ0n) is 25.5. The minimum absolute atomic E-state index is 0.0109. The number of nitrogens with one attached hydrogen (secondary N) is 3. The fourth-order valence-electron chi connectivity index (χ4n) is 5.44. The highest BCUT2D eigenvalue weighted by Gasteiger charge is 2.37. The van der Waals surface area contributed by atoms with Crippen LogP contribution in [-0.2, 0) is 19.7 Å². The van der Waals surface area contributed by atoms with E-state index in [9.17, 15) is 14.4 Å². The number of aryl methyl sites for hydroxylation is 1. The van der Waals surface area contributed by atoms with Gasteiger partial charge in [0.2, 0.25) is 11.8 Å². The highest BCUT2D eigenvalue weighted by atomic mass is 16.6. The monoisotopic (exact) mass is 561 g/mol. The van der Waals surface area contributed by atoms with Gasteiger partial charge < -0.3 is 20.7 Å². The maximum Gasteiger partial charge on any atom is 0.408 e. The summed E-state index contributed by atoms with van der Waals surface area (Å²) in [6, 6.07) is 16.7. The first-order valence-corrected chi connectivity index (χ1v) is 14.8. The number of rotatable bonds is 13. The Morgan fingerprint density at radius 3 is 2.37 bits per heavy atom. The van der Waals surface area contributed by atoms with Crippen molar-refractivity contribution in [2.45, 2.75) is 90.8 Å². The van der Waals surface area contributed by atoms with E-state index >= 15 is 0 Å². The van der Waals surface area contributed by atoms with Crippen molar-refractivity contribution in [2.75, 3.05) is 6.54 Å². The maximum atomic E-state index is 13.6. The Hall–Kier alpha value is -3.61. The van der Waals surface area contributed by atoms with E-state index in [1.165, 1.54) is 0 Å². The lowest BCUT2D eigenvalue weighted by atomic mass is 9.76. The third kappa shape index (κ3) is 8.69. The molecule has 0 aromatic heterocycles. The highest BCUT2D eigenvalue weighted by molar-refractivity contribution is 5.86. The third-order valence-electron chi connectivity index (χ3n) is 8.01. The van der Waals surface area contributed by atoms with Gasteiger partial charge in [0.15, 0.2) is 0 Å². The van der Waals surface area contributed by atoms with Crippen molar-refractivity contribution in [3.05, 3.63) is 83.4 Å². The number of benzene rings is 2. The van der Waals surface area contributed by atoms with Gasteiger partial charge in [-0.25, -0.2) is 4.79 Å². The molecule has 1 aliphatic rings. The number of alkyl carbamates (subject to hydrolysis) is 1. The standard InChI is InChI=1S/C34H47N3O4/c1-8-24(5)28(21-26-17-18-35-31(26)38)36-32(39)29(19-22(2)3)37-33(40)41-30(25-14-10-9-11-15-25)34(6,7)27-16-12-13-23(4)20-27/h9-16,20,22,26,28-30H,5,8,17-19,21H2,1-4,6-7H3,(H,35,38)(H,36,39)(H,37,40)/t26?,28?,29-,30?/m0/s1. The largest absolute Gasteiger partial charge is 0.440 e. The zero-order chi connectivity index (χ0) is 30.2. The van der Waals surface area contributed by atoms with Gasteiger partial charge in [-0.05, 0) is 49.7 Å². The summed E-state index contributed by atoms with van der Waals surface area (Å²) in [5.41, 5.74) is 3.35. The second kappa shape index (κ2) is 14.3. The topological polar surface area (TPSA) is 96.5 Å². The Balaban J connectivity index is 1.81. The van der Waals surface area contributed by atoms with Crippen LogP contribution >= 0.6 is 0 Å². The van der Waals surface area contributed by atoms with E-state index in [0.29, 0.717) is 25.8 Å². The zero-order valence-corrected chi connectivity index (χ0v) is 25.5. The van der Waals surface area contributed by atoms with E-state index in [1.807, 2.05) is 76.2 Å². The molecule has 3 N–H and O–H groups in total. The van der Waals surface area contributed by atoms with Crippen LogP contribution in [0.1, 0.15) is 83.1 Å². The van der Waals surface area contributed by atoms with Crippen LogP contribution in [0.5, 0.6) is 0 Å². The van der Waals surface area contributed by atoms with Gasteiger partial charge in [0, 0.05) is 17.9 Å². The van der Waals surface area contributed by atoms with Crippen LogP contribution in [0.2, 0.25) is 0 Å². The molecule has 1 heterocycles. The molecule has 3 rings (SSSR count). The second-order valence-corrected chi connectivity index (χ2v) is 12.2. The summed E-state index contributed by atoms with van der Waals surface area (Å²) in [7, 11) is 0. The van der Waals surface area contributed by atoms with Crippen LogP contribution in [0.3, 0.4) is 0 Å². The van der Waals surface area contributed by atoms with Gasteiger partial charge in [0.1, 0.15) is 12.1 Å². The first-order valence-electron chi connectivity index (χ1n) is 14.8. The normalized spacial score (nSPS) is 17.3. The predicted octanol–water partition coefficient (Wildman–Crippen LogP) is 6.13. The van der Waals surface area contributed by atoms with Crippen molar-refractivity contribution in [1.29, 1.82) is 0 Å². The molecule has 3 unspecified atom stereocenters. The molecule has 2 aromatic rings. The van der Waals surface area contributed by atoms with Crippen molar-refractivity contribution >= 4 is 17.9 Å². The summed E-state index contributed by atoms with van der Waals surface area (Å²) in [6.07, 6.45) is 1.09. The molecular weight excluding hydrogens is 514 g/mol. The van der Waals surface area contributed by atoms with Crippen LogP contribution in [0.4, 0.5) is 4.79 Å². The summed E-state index contributed by atoms with van der Waals surface area (Å²) in [5.74, 6) is -0.312. The van der Waals surface area contributed by atoms with Gasteiger partial charge >= 0.3 is 6.09 Å². The lowest BCUT2D eigenvalue weighted by Gasteiger charge is -2.35. The molecule has 7 nitrogen and oxygen atoms in total. The van der Waals surface area contributed by atoms with Gasteiger partial charge in [-0.3, -0.25) is 9.59 Å². The summed E-state index contributed by atoms with van der Waals surface area (Å²) < 4.78 is 6.15. The smallest absolute Gasteiger partial charge is 0.408 e. The average molecular weight is 562 g/mol. The quantitative estimate of drug-likeness (QED) is 0.256. The van der Waals surface area contributed by atoms with Gasteiger partial charge in [0.05, 0.1) is 6.04 Å². The van der Waals surface area contributed by atoms with Crippen LogP contribution in [0.25, 0.3) is 0 Å². The van der Waals surface area contributed by atoms with E-state index < -0.39 is 23.7 Å². The van der Waals surface area contributed by atoms with Crippen molar-refractivity contribution in [2.24, 2.45) is 11.8 Å². The Labute approximate surface area is 245 Å². The SMILES string of the molecule is C=C(CC)C(CC1CCNC1=O)NC(=O)[C@H](CC(C)C)NC(=O)OC(c1ccccc1)C(C)(C)c1cccc(C)c1. The Bertz CT molecular complexity index is 1210. The first-order chi connectivity index (χ1) is 19.4. The van der Waals surface area contributed by atoms with E-state index in [-0.39, 0.29) is 29.7 Å². The molecule has 0 saturated carbocycles. The molecule has 1 aliphatic heterocycles. The number of ether oxygens (including phenoxy) is 1. The first kappa shape index (κ1) is 31.9. The van der Waals surface area contributed by atoms with E-state index in [2.05, 4.69) is 42.4 Å². The molecule has 4 atom stereocenters. The lowest BCUT2D eigenvalue weighted by Crippen LogP contribution is -2.51. The molecule has 0 aliphatic carbocycles. The summed E-state index contributed by atoms with van der Waals surface area (Å²) in [4.78, 5) is 39.3. The molecular formula is C34H47N3O4. The van der Waals surface area contributed by atoms with E-state index in [1.54, 1.807) is 0 Å². The molecule has 41 heavy (non-hydrogen) atoms. The lowest BCUT2D eigenvalue weighted by molar-refractivity contribution is -0.125. The van der Waals surface area contributed by atoms with Crippen LogP contribution in [0, 0.1) is 18.8 Å². The van der Waals surface area contributed by atoms with Gasteiger partial charge in [-0.2, -0.15) is 0 Å².